The third-order valence-electron chi connectivity index (χ3n) is 2.98. The van der Waals surface area contributed by atoms with E-state index in [0.717, 1.165) is 0 Å². The van der Waals surface area contributed by atoms with Crippen LogP contribution in [0.15, 0.2) is 24.7 Å². The maximum Gasteiger partial charge on any atom is 0.426 e. The lowest BCUT2D eigenvalue weighted by atomic mass is 10.1. The molecule has 0 aliphatic heterocycles. The van der Waals surface area contributed by atoms with Crippen molar-refractivity contribution >= 4 is 0 Å². The number of allylic oxidation sites excluding steroid dienone is 2. The third kappa shape index (κ3) is 3.83. The number of hydrogen-bond donors (Lipinski definition) is 0. The van der Waals surface area contributed by atoms with E-state index in [1.807, 2.05) is 13.2 Å². The van der Waals surface area contributed by atoms with Gasteiger partial charge in [-0.05, 0) is 0 Å². The van der Waals surface area contributed by atoms with Crippen LogP contribution in [0.5, 0.6) is 0 Å². The predicted molar refractivity (Wildman–Crippen MR) is 63.1 cm³/mol. The Morgan fingerprint density at radius 2 is 0.778 bits per heavy atom. The zero-order valence-electron chi connectivity index (χ0n) is 13.2. The third-order valence-corrected chi connectivity index (χ3v) is 2.98. The molecule has 160 valence electrons. The van der Waals surface area contributed by atoms with Gasteiger partial charge in [0.1, 0.15) is 0 Å². The Balaban J connectivity index is 5.79. The lowest BCUT2D eigenvalue weighted by Gasteiger charge is -2.34. The average Bonchev–Trinajstić information content (AvgIpc) is 2.53. The number of alkyl halides is 12. The van der Waals surface area contributed by atoms with E-state index in [0.29, 0.717) is 0 Å². The van der Waals surface area contributed by atoms with Crippen molar-refractivity contribution < 1.29 is 66.9 Å². The second-order valence-corrected chi connectivity index (χ2v) is 4.69. The Bertz CT molecular complexity index is 534. The molecule has 0 rings (SSSR count). The van der Waals surface area contributed by atoms with Gasteiger partial charge in [-0.1, -0.05) is 13.2 Å². The number of hydrogen-bond acceptors (Lipinski definition) is 3. The zero-order chi connectivity index (χ0) is 22.3. The van der Waals surface area contributed by atoms with Gasteiger partial charge in [0.2, 0.25) is 0 Å². The van der Waals surface area contributed by atoms with E-state index in [-0.39, 0.29) is 14.2 Å². The van der Waals surface area contributed by atoms with Gasteiger partial charge in [-0.3, -0.25) is 0 Å². The second kappa shape index (κ2) is 7.07. The molecule has 0 fully saturated rings. The molecule has 0 amide bonds. The standard InChI is InChI=1S/C12H10F12O3/c1-5(7(13,14)9(17,18)11(21,22)25-3)27-6(2)8(15,16)10(19,20)12(23,24)26-4/h1-2H2,3-4H3. The van der Waals surface area contributed by atoms with Gasteiger partial charge in [0.05, 0.1) is 0 Å². The molecule has 0 heterocycles. The van der Waals surface area contributed by atoms with E-state index < -0.39 is 47.4 Å². The second-order valence-electron chi connectivity index (χ2n) is 4.69. The van der Waals surface area contributed by atoms with Crippen LogP contribution in [0.4, 0.5) is 52.7 Å². The molecule has 0 bridgehead atoms. The molecule has 0 unspecified atom stereocenters. The lowest BCUT2D eigenvalue weighted by Crippen LogP contribution is -2.57. The molecule has 15 heteroatoms. The van der Waals surface area contributed by atoms with Gasteiger partial charge >= 0.3 is 35.9 Å². The molecule has 0 aliphatic carbocycles. The van der Waals surface area contributed by atoms with Gasteiger partial charge in [0.15, 0.2) is 11.5 Å². The van der Waals surface area contributed by atoms with E-state index in [1.54, 1.807) is 0 Å². The van der Waals surface area contributed by atoms with Crippen LogP contribution in [0.1, 0.15) is 0 Å². The normalized spacial score (nSPS) is 14.9. The molecule has 0 aromatic carbocycles. The number of halogens is 12. The molecule has 0 saturated carbocycles. The quantitative estimate of drug-likeness (QED) is 0.359. The van der Waals surface area contributed by atoms with Crippen LogP contribution >= 0.6 is 0 Å². The molecule has 0 aliphatic rings. The van der Waals surface area contributed by atoms with E-state index in [1.165, 1.54) is 0 Å². The molecule has 0 aromatic rings. The molecule has 0 radical (unpaired) electrons. The number of methoxy groups -OCH3 is 2. The van der Waals surface area contributed by atoms with Crippen molar-refractivity contribution in [1.82, 2.24) is 0 Å². The molecule has 0 atom stereocenters. The molecule has 27 heavy (non-hydrogen) atoms. The number of rotatable bonds is 10. The van der Waals surface area contributed by atoms with Gasteiger partial charge in [-0.2, -0.15) is 52.7 Å². The van der Waals surface area contributed by atoms with E-state index in [2.05, 4.69) is 14.2 Å². The fourth-order valence-electron chi connectivity index (χ4n) is 1.25. The fraction of sp³-hybridized carbons (Fsp3) is 0.667. The first-order valence-electron chi connectivity index (χ1n) is 6.11. The summed E-state index contributed by atoms with van der Waals surface area (Å²) in [6, 6.07) is 0. The minimum atomic E-state index is -6.47. The summed E-state index contributed by atoms with van der Waals surface area (Å²) in [5.41, 5.74) is 0. The van der Waals surface area contributed by atoms with Crippen LogP contribution in [-0.4, -0.2) is 50.1 Å². The van der Waals surface area contributed by atoms with Crippen molar-refractivity contribution in [2.75, 3.05) is 14.2 Å². The summed E-state index contributed by atoms with van der Waals surface area (Å²) in [4.78, 5) is 0. The molecular weight excluding hydrogens is 420 g/mol. The van der Waals surface area contributed by atoms with Crippen LogP contribution < -0.4 is 0 Å². The molecule has 0 spiro atoms. The predicted octanol–water partition coefficient (Wildman–Crippen LogP) is 5.05. The molecule has 3 nitrogen and oxygen atoms in total. The fourth-order valence-corrected chi connectivity index (χ4v) is 1.25. The highest BCUT2D eigenvalue weighted by Gasteiger charge is 2.77. The summed E-state index contributed by atoms with van der Waals surface area (Å²) in [7, 11) is -0.234. The average molecular weight is 430 g/mol. The first kappa shape index (κ1) is 25.4. The summed E-state index contributed by atoms with van der Waals surface area (Å²) in [6.07, 6.45) is -11.8. The lowest BCUT2D eigenvalue weighted by molar-refractivity contribution is -0.393. The molecule has 0 N–H and O–H groups in total. The first-order valence-corrected chi connectivity index (χ1v) is 6.11. The summed E-state index contributed by atoms with van der Waals surface area (Å²) in [6.45, 7) is 3.92. The van der Waals surface area contributed by atoms with Crippen molar-refractivity contribution in [3.05, 3.63) is 24.7 Å². The highest BCUT2D eigenvalue weighted by atomic mass is 19.4. The van der Waals surface area contributed by atoms with Crippen LogP contribution in [0.2, 0.25) is 0 Å². The topological polar surface area (TPSA) is 27.7 Å². The summed E-state index contributed by atoms with van der Waals surface area (Å²) < 4.78 is 167. The summed E-state index contributed by atoms with van der Waals surface area (Å²) >= 11 is 0. The van der Waals surface area contributed by atoms with Crippen molar-refractivity contribution in [1.29, 1.82) is 0 Å². The largest absolute Gasteiger partial charge is 0.454 e. The van der Waals surface area contributed by atoms with E-state index in [9.17, 15) is 52.7 Å². The Kier molecular flexibility index (Phi) is 6.64. The Morgan fingerprint density at radius 1 is 0.556 bits per heavy atom. The SMILES string of the molecule is C=C(OC(=C)C(F)(F)C(F)(F)C(F)(F)OC)C(F)(F)C(F)(F)C(F)(F)OC. The maximum atomic E-state index is 13.4. The zero-order valence-corrected chi connectivity index (χ0v) is 13.2. The Morgan fingerprint density at radius 3 is 0.963 bits per heavy atom. The number of ether oxygens (including phenoxy) is 3. The Labute approximate surface area is 143 Å². The van der Waals surface area contributed by atoms with Gasteiger partial charge in [0.25, 0.3) is 0 Å². The van der Waals surface area contributed by atoms with E-state index >= 15 is 0 Å². The molecular formula is C12H10F12O3. The smallest absolute Gasteiger partial charge is 0.426 e. The highest BCUT2D eigenvalue weighted by Crippen LogP contribution is 2.52. The summed E-state index contributed by atoms with van der Waals surface area (Å²) in [5.74, 6) is -31.2. The van der Waals surface area contributed by atoms with Crippen LogP contribution in [0, 0.1) is 0 Å². The van der Waals surface area contributed by atoms with Crippen LogP contribution in [-0.2, 0) is 14.2 Å². The van der Waals surface area contributed by atoms with Crippen molar-refractivity contribution in [3.8, 4) is 0 Å². The van der Waals surface area contributed by atoms with E-state index in [4.69, 9.17) is 0 Å². The minimum absolute atomic E-state index is 0.117. The molecule has 0 aromatic heterocycles. The monoisotopic (exact) mass is 430 g/mol. The van der Waals surface area contributed by atoms with Crippen LogP contribution in [0.3, 0.4) is 0 Å². The van der Waals surface area contributed by atoms with Crippen molar-refractivity contribution in [2.45, 2.75) is 35.9 Å². The summed E-state index contributed by atoms with van der Waals surface area (Å²) in [5, 5.41) is 0. The first-order chi connectivity index (χ1) is 11.7. The Hall–Kier alpha value is -1.64. The van der Waals surface area contributed by atoms with Gasteiger partial charge in [-0.25, -0.2) is 0 Å². The maximum absolute atomic E-state index is 13.4. The highest BCUT2D eigenvalue weighted by molar-refractivity contribution is 5.17. The van der Waals surface area contributed by atoms with Gasteiger partial charge < -0.3 is 14.2 Å². The van der Waals surface area contributed by atoms with Crippen molar-refractivity contribution in [3.63, 3.8) is 0 Å². The van der Waals surface area contributed by atoms with Crippen molar-refractivity contribution in [2.24, 2.45) is 0 Å². The van der Waals surface area contributed by atoms with Gasteiger partial charge in [0, 0.05) is 14.2 Å². The van der Waals surface area contributed by atoms with Gasteiger partial charge in [-0.15, -0.1) is 0 Å². The van der Waals surface area contributed by atoms with Crippen LogP contribution in [0.25, 0.3) is 0 Å². The minimum Gasteiger partial charge on any atom is -0.454 e. The molecule has 0 saturated heterocycles.